The molecule has 1 rings (SSSR count). The van der Waals surface area contributed by atoms with Gasteiger partial charge in [-0.2, -0.15) is 0 Å². The Morgan fingerprint density at radius 3 is 2.46 bits per heavy atom. The maximum absolute atomic E-state index is 4.10. The minimum atomic E-state index is 0. The number of halogens is 1. The van der Waals surface area contributed by atoms with Gasteiger partial charge in [-0.3, -0.25) is 4.99 Å². The first-order valence-electron chi connectivity index (χ1n) is 4.81. The fourth-order valence-corrected chi connectivity index (χ4v) is 1.33. The van der Waals surface area contributed by atoms with Gasteiger partial charge in [0.2, 0.25) is 0 Å². The first-order chi connectivity index (χ1) is 5.86. The molecule has 0 spiro atoms. The number of aliphatic imine (C=N–C) groups is 1. The molecule has 0 atom stereocenters. The Kier molecular flexibility index (Phi) is 7.41. The lowest BCUT2D eigenvalue weighted by atomic mass is 9.85. The SMILES string of the molecule is CCNC(=NC)NCC1CCC1.I. The molecular weight excluding hydrogens is 277 g/mol. The van der Waals surface area contributed by atoms with Crippen LogP contribution in [0.15, 0.2) is 4.99 Å². The average molecular weight is 297 g/mol. The Labute approximate surface area is 97.8 Å². The maximum atomic E-state index is 4.10. The van der Waals surface area contributed by atoms with E-state index in [0.29, 0.717) is 0 Å². The molecule has 13 heavy (non-hydrogen) atoms. The number of guanidine groups is 1. The second-order valence-corrected chi connectivity index (χ2v) is 3.28. The molecule has 0 bridgehead atoms. The third kappa shape index (κ3) is 4.69. The van der Waals surface area contributed by atoms with Crippen LogP contribution in [0, 0.1) is 5.92 Å². The molecule has 2 N–H and O–H groups in total. The fraction of sp³-hybridized carbons (Fsp3) is 0.889. The van der Waals surface area contributed by atoms with Crippen LogP contribution in [0.4, 0.5) is 0 Å². The smallest absolute Gasteiger partial charge is 0.190 e. The summed E-state index contributed by atoms with van der Waals surface area (Å²) in [6.45, 7) is 4.10. The molecule has 0 amide bonds. The van der Waals surface area contributed by atoms with E-state index in [-0.39, 0.29) is 24.0 Å². The number of hydrogen-bond acceptors (Lipinski definition) is 1. The highest BCUT2D eigenvalue weighted by Gasteiger charge is 2.16. The summed E-state index contributed by atoms with van der Waals surface area (Å²) in [4.78, 5) is 4.10. The molecule has 1 fully saturated rings. The number of nitrogens with zero attached hydrogens (tertiary/aromatic N) is 1. The highest BCUT2D eigenvalue weighted by Crippen LogP contribution is 2.24. The summed E-state index contributed by atoms with van der Waals surface area (Å²) in [5.41, 5.74) is 0. The van der Waals surface area contributed by atoms with Crippen molar-refractivity contribution in [1.29, 1.82) is 0 Å². The second kappa shape index (κ2) is 7.41. The Hall–Kier alpha value is 0. The summed E-state index contributed by atoms with van der Waals surface area (Å²) in [6.07, 6.45) is 4.18. The van der Waals surface area contributed by atoms with Crippen molar-refractivity contribution >= 4 is 29.9 Å². The molecule has 0 aliphatic heterocycles. The van der Waals surface area contributed by atoms with E-state index in [2.05, 4.69) is 22.5 Å². The minimum Gasteiger partial charge on any atom is -0.357 e. The van der Waals surface area contributed by atoms with E-state index in [1.807, 2.05) is 7.05 Å². The van der Waals surface area contributed by atoms with E-state index < -0.39 is 0 Å². The highest BCUT2D eigenvalue weighted by molar-refractivity contribution is 14.0. The third-order valence-electron chi connectivity index (χ3n) is 2.35. The van der Waals surface area contributed by atoms with Crippen molar-refractivity contribution in [1.82, 2.24) is 10.6 Å². The van der Waals surface area contributed by atoms with E-state index in [0.717, 1.165) is 25.0 Å². The molecule has 78 valence electrons. The molecule has 1 aliphatic rings. The van der Waals surface area contributed by atoms with Crippen LogP contribution < -0.4 is 10.6 Å². The van der Waals surface area contributed by atoms with Crippen molar-refractivity contribution in [3.8, 4) is 0 Å². The van der Waals surface area contributed by atoms with Crippen molar-refractivity contribution < 1.29 is 0 Å². The number of nitrogens with one attached hydrogen (secondary N) is 2. The zero-order valence-corrected chi connectivity index (χ0v) is 10.8. The lowest BCUT2D eigenvalue weighted by Gasteiger charge is -2.26. The normalized spacial score (nSPS) is 17.2. The Morgan fingerprint density at radius 2 is 2.08 bits per heavy atom. The third-order valence-corrected chi connectivity index (χ3v) is 2.35. The predicted molar refractivity (Wildman–Crippen MR) is 67.8 cm³/mol. The van der Waals surface area contributed by atoms with Crippen molar-refractivity contribution in [3.63, 3.8) is 0 Å². The van der Waals surface area contributed by atoms with Gasteiger partial charge in [-0.1, -0.05) is 6.42 Å². The van der Waals surface area contributed by atoms with E-state index in [1.54, 1.807) is 0 Å². The van der Waals surface area contributed by atoms with Crippen LogP contribution in [-0.2, 0) is 0 Å². The largest absolute Gasteiger partial charge is 0.357 e. The first-order valence-corrected chi connectivity index (χ1v) is 4.81. The second-order valence-electron chi connectivity index (χ2n) is 3.28. The molecule has 0 aromatic heterocycles. The van der Waals surface area contributed by atoms with Gasteiger partial charge < -0.3 is 10.6 Å². The van der Waals surface area contributed by atoms with Crippen LogP contribution in [0.2, 0.25) is 0 Å². The van der Waals surface area contributed by atoms with E-state index in [9.17, 15) is 0 Å². The Morgan fingerprint density at radius 1 is 1.38 bits per heavy atom. The predicted octanol–water partition coefficient (Wildman–Crippen LogP) is 1.59. The summed E-state index contributed by atoms with van der Waals surface area (Å²) >= 11 is 0. The van der Waals surface area contributed by atoms with Gasteiger partial charge >= 0.3 is 0 Å². The molecule has 1 saturated carbocycles. The molecule has 0 unspecified atom stereocenters. The molecule has 0 aromatic rings. The minimum absolute atomic E-state index is 0. The van der Waals surface area contributed by atoms with Gasteiger partial charge in [0.15, 0.2) is 5.96 Å². The summed E-state index contributed by atoms with van der Waals surface area (Å²) in [5.74, 6) is 1.82. The van der Waals surface area contributed by atoms with Crippen molar-refractivity contribution in [2.75, 3.05) is 20.1 Å². The van der Waals surface area contributed by atoms with E-state index in [1.165, 1.54) is 19.3 Å². The maximum Gasteiger partial charge on any atom is 0.190 e. The zero-order valence-electron chi connectivity index (χ0n) is 8.47. The van der Waals surface area contributed by atoms with Crippen molar-refractivity contribution in [2.24, 2.45) is 10.9 Å². The Bertz CT molecular complexity index is 155. The molecule has 0 aromatic carbocycles. The molecule has 0 heterocycles. The van der Waals surface area contributed by atoms with E-state index in [4.69, 9.17) is 0 Å². The van der Waals surface area contributed by atoms with Crippen molar-refractivity contribution in [3.05, 3.63) is 0 Å². The number of rotatable bonds is 3. The lowest BCUT2D eigenvalue weighted by Crippen LogP contribution is -2.40. The fourth-order valence-electron chi connectivity index (χ4n) is 1.33. The van der Waals surface area contributed by atoms with Crippen LogP contribution in [-0.4, -0.2) is 26.1 Å². The standard InChI is InChI=1S/C9H19N3.HI/c1-3-11-9(10-2)12-7-8-5-4-6-8;/h8H,3-7H2,1-2H3,(H2,10,11,12);1H. The van der Waals surface area contributed by atoms with Gasteiger partial charge in [-0.25, -0.2) is 0 Å². The first kappa shape index (κ1) is 13.0. The van der Waals surface area contributed by atoms with Crippen LogP contribution in [0.1, 0.15) is 26.2 Å². The molecule has 1 aliphatic carbocycles. The Balaban J connectivity index is 0.00000144. The van der Waals surface area contributed by atoms with Crippen LogP contribution in [0.3, 0.4) is 0 Å². The lowest BCUT2D eigenvalue weighted by molar-refractivity contribution is 0.315. The summed E-state index contributed by atoms with van der Waals surface area (Å²) in [6, 6.07) is 0. The monoisotopic (exact) mass is 297 g/mol. The quantitative estimate of drug-likeness (QED) is 0.471. The van der Waals surface area contributed by atoms with E-state index >= 15 is 0 Å². The van der Waals surface area contributed by atoms with Gasteiger partial charge in [0.25, 0.3) is 0 Å². The summed E-state index contributed by atoms with van der Waals surface area (Å²) in [5, 5.41) is 6.49. The van der Waals surface area contributed by atoms with Crippen LogP contribution in [0.25, 0.3) is 0 Å². The highest BCUT2D eigenvalue weighted by atomic mass is 127. The average Bonchev–Trinajstić information content (AvgIpc) is 2.00. The van der Waals surface area contributed by atoms with Crippen LogP contribution in [0.5, 0.6) is 0 Å². The van der Waals surface area contributed by atoms with Gasteiger partial charge in [-0.15, -0.1) is 24.0 Å². The van der Waals surface area contributed by atoms with Gasteiger partial charge in [0, 0.05) is 20.1 Å². The van der Waals surface area contributed by atoms with Crippen molar-refractivity contribution in [2.45, 2.75) is 26.2 Å². The summed E-state index contributed by atoms with van der Waals surface area (Å²) in [7, 11) is 1.81. The zero-order chi connectivity index (χ0) is 8.81. The number of hydrogen-bond donors (Lipinski definition) is 2. The van der Waals surface area contributed by atoms with Crippen LogP contribution >= 0.6 is 24.0 Å². The molecule has 0 saturated heterocycles. The topological polar surface area (TPSA) is 36.4 Å². The van der Waals surface area contributed by atoms with Gasteiger partial charge in [-0.05, 0) is 25.7 Å². The van der Waals surface area contributed by atoms with Gasteiger partial charge in [0.05, 0.1) is 0 Å². The molecule has 3 nitrogen and oxygen atoms in total. The molecular formula is C9H20IN3. The summed E-state index contributed by atoms with van der Waals surface area (Å²) < 4.78 is 0. The molecule has 0 radical (unpaired) electrons. The van der Waals surface area contributed by atoms with Gasteiger partial charge in [0.1, 0.15) is 0 Å². The molecule has 4 heteroatoms.